The van der Waals surface area contributed by atoms with Gasteiger partial charge >= 0.3 is 5.97 Å². The molecule has 0 aliphatic rings. The summed E-state index contributed by atoms with van der Waals surface area (Å²) in [5, 5.41) is 5.68. The van der Waals surface area contributed by atoms with Gasteiger partial charge in [0.2, 0.25) is 0 Å². The van der Waals surface area contributed by atoms with Gasteiger partial charge in [-0.15, -0.1) is 0 Å². The first-order valence-corrected chi connectivity index (χ1v) is 9.87. The van der Waals surface area contributed by atoms with E-state index < -0.39 is 5.97 Å². The Morgan fingerprint density at radius 2 is 2.11 bits per heavy atom. The van der Waals surface area contributed by atoms with E-state index in [1.54, 1.807) is 24.5 Å². The molecule has 0 unspecified atom stereocenters. The van der Waals surface area contributed by atoms with E-state index in [4.69, 9.17) is 21.1 Å². The Labute approximate surface area is 170 Å². The predicted molar refractivity (Wildman–Crippen MR) is 112 cm³/mol. The molecule has 0 radical (unpaired) electrons. The Kier molecular flexibility index (Phi) is 5.07. The van der Waals surface area contributed by atoms with Crippen molar-refractivity contribution < 1.29 is 14.3 Å². The quantitative estimate of drug-likeness (QED) is 0.450. The van der Waals surface area contributed by atoms with Crippen molar-refractivity contribution in [3.05, 3.63) is 69.1 Å². The Morgan fingerprint density at radius 1 is 1.25 bits per heavy atom. The number of thiophene rings is 1. The second-order valence-electron chi connectivity index (χ2n) is 6.21. The molecule has 1 N–H and O–H groups in total. The first-order valence-electron chi connectivity index (χ1n) is 8.55. The lowest BCUT2D eigenvalue weighted by atomic mass is 10.0. The first-order chi connectivity index (χ1) is 13.6. The van der Waals surface area contributed by atoms with Crippen LogP contribution in [0.4, 0.5) is 0 Å². The minimum Gasteiger partial charge on any atom is -0.495 e. The molecular weight excluding hydrogens is 396 g/mol. The Bertz CT molecular complexity index is 1150. The SMILES string of the molecule is COC(=O)c1cccc(Cc2c(-c3ccsc3)[nH]c3cc(Cl)c(OC)cc23)n1. The summed E-state index contributed by atoms with van der Waals surface area (Å²) in [6.45, 7) is 0. The van der Waals surface area contributed by atoms with Crippen LogP contribution in [-0.2, 0) is 11.2 Å². The van der Waals surface area contributed by atoms with Gasteiger partial charge < -0.3 is 14.5 Å². The number of carbonyl (C=O) groups excluding carboxylic acids is 1. The van der Waals surface area contributed by atoms with E-state index in [-0.39, 0.29) is 5.69 Å². The summed E-state index contributed by atoms with van der Waals surface area (Å²) >= 11 is 7.95. The van der Waals surface area contributed by atoms with Crippen LogP contribution in [0.15, 0.2) is 47.2 Å². The fraction of sp³-hybridized carbons (Fsp3) is 0.143. The Hall–Kier alpha value is -2.83. The molecule has 28 heavy (non-hydrogen) atoms. The fourth-order valence-electron chi connectivity index (χ4n) is 3.22. The molecule has 7 heteroatoms. The summed E-state index contributed by atoms with van der Waals surface area (Å²) in [5.41, 5.74) is 5.15. The number of fused-ring (bicyclic) bond motifs is 1. The van der Waals surface area contributed by atoms with E-state index in [0.717, 1.165) is 33.4 Å². The molecule has 4 aromatic rings. The van der Waals surface area contributed by atoms with Gasteiger partial charge in [-0.25, -0.2) is 9.78 Å². The summed E-state index contributed by atoms with van der Waals surface area (Å²) in [6, 6.07) is 11.2. The minimum absolute atomic E-state index is 0.289. The molecule has 0 amide bonds. The lowest BCUT2D eigenvalue weighted by Gasteiger charge is -2.07. The lowest BCUT2D eigenvalue weighted by Crippen LogP contribution is -2.06. The number of ether oxygens (including phenoxy) is 2. The highest BCUT2D eigenvalue weighted by Gasteiger charge is 2.18. The van der Waals surface area contributed by atoms with Gasteiger partial charge in [0.1, 0.15) is 11.4 Å². The lowest BCUT2D eigenvalue weighted by molar-refractivity contribution is 0.0593. The molecule has 5 nitrogen and oxygen atoms in total. The molecule has 1 aromatic carbocycles. The minimum atomic E-state index is -0.452. The fourth-order valence-corrected chi connectivity index (χ4v) is 4.11. The summed E-state index contributed by atoms with van der Waals surface area (Å²) in [4.78, 5) is 19.8. The summed E-state index contributed by atoms with van der Waals surface area (Å²) in [6.07, 6.45) is 0.542. The molecule has 0 saturated carbocycles. The third kappa shape index (κ3) is 3.37. The highest BCUT2D eigenvalue weighted by atomic mass is 35.5. The molecule has 142 valence electrons. The highest BCUT2D eigenvalue weighted by Crippen LogP contribution is 2.37. The van der Waals surface area contributed by atoms with Gasteiger partial charge in [-0.2, -0.15) is 11.3 Å². The van der Waals surface area contributed by atoms with E-state index in [1.165, 1.54) is 7.11 Å². The number of hydrogen-bond acceptors (Lipinski definition) is 5. The molecule has 0 fully saturated rings. The van der Waals surface area contributed by atoms with Gasteiger partial charge in [0.25, 0.3) is 0 Å². The highest BCUT2D eigenvalue weighted by molar-refractivity contribution is 7.08. The van der Waals surface area contributed by atoms with Crippen LogP contribution < -0.4 is 4.74 Å². The van der Waals surface area contributed by atoms with Crippen molar-refractivity contribution in [2.75, 3.05) is 14.2 Å². The average Bonchev–Trinajstić information content (AvgIpc) is 3.35. The molecule has 0 atom stereocenters. The van der Waals surface area contributed by atoms with Gasteiger partial charge in [0.05, 0.1) is 24.9 Å². The van der Waals surface area contributed by atoms with Crippen LogP contribution in [0.25, 0.3) is 22.2 Å². The van der Waals surface area contributed by atoms with Crippen molar-refractivity contribution in [1.29, 1.82) is 0 Å². The number of methoxy groups -OCH3 is 2. The van der Waals surface area contributed by atoms with E-state index in [9.17, 15) is 4.79 Å². The molecule has 3 aromatic heterocycles. The van der Waals surface area contributed by atoms with E-state index in [1.807, 2.05) is 29.6 Å². The standard InChI is InChI=1S/C21H17ClN2O3S/c1-26-19-9-14-15(8-13-4-3-5-17(23-13)21(25)27-2)20(12-6-7-28-11-12)24-18(14)10-16(19)22/h3-7,9-11,24H,8H2,1-2H3. The maximum absolute atomic E-state index is 11.8. The normalized spacial score (nSPS) is 11.0. The molecule has 0 spiro atoms. The smallest absolute Gasteiger partial charge is 0.356 e. The maximum Gasteiger partial charge on any atom is 0.356 e. The molecule has 0 aliphatic heterocycles. The maximum atomic E-state index is 11.8. The molecular formula is C21H17ClN2O3S. The zero-order valence-corrected chi connectivity index (χ0v) is 16.9. The van der Waals surface area contributed by atoms with Crippen LogP contribution >= 0.6 is 22.9 Å². The first kappa shape index (κ1) is 18.5. The number of H-pyrrole nitrogens is 1. The number of esters is 1. The van der Waals surface area contributed by atoms with Crippen molar-refractivity contribution >= 4 is 39.8 Å². The monoisotopic (exact) mass is 412 g/mol. The van der Waals surface area contributed by atoms with Crippen molar-refractivity contribution in [3.8, 4) is 17.0 Å². The van der Waals surface area contributed by atoms with E-state index >= 15 is 0 Å². The molecule has 3 heterocycles. The second-order valence-corrected chi connectivity index (χ2v) is 7.39. The summed E-state index contributed by atoms with van der Waals surface area (Å²) in [7, 11) is 2.95. The molecule has 0 bridgehead atoms. The molecule has 0 saturated heterocycles. The summed E-state index contributed by atoms with van der Waals surface area (Å²) < 4.78 is 10.2. The largest absolute Gasteiger partial charge is 0.495 e. The van der Waals surface area contributed by atoms with Crippen molar-refractivity contribution in [2.45, 2.75) is 6.42 Å². The predicted octanol–water partition coefficient (Wildman–Crippen LogP) is 5.33. The third-order valence-electron chi connectivity index (χ3n) is 4.55. The summed E-state index contributed by atoms with van der Waals surface area (Å²) in [5.74, 6) is 0.162. The van der Waals surface area contributed by atoms with Crippen LogP contribution in [0.2, 0.25) is 5.02 Å². The average molecular weight is 413 g/mol. The number of halogens is 1. The second kappa shape index (κ2) is 7.66. The van der Waals surface area contributed by atoms with Crippen molar-refractivity contribution in [3.63, 3.8) is 0 Å². The van der Waals surface area contributed by atoms with Crippen molar-refractivity contribution in [2.24, 2.45) is 0 Å². The van der Waals surface area contributed by atoms with Crippen LogP contribution in [0.1, 0.15) is 21.7 Å². The molecule has 0 aliphatic carbocycles. The Morgan fingerprint density at radius 3 is 2.82 bits per heavy atom. The number of pyridine rings is 1. The third-order valence-corrected chi connectivity index (χ3v) is 5.53. The van der Waals surface area contributed by atoms with Gasteiger partial charge in [-0.1, -0.05) is 17.7 Å². The van der Waals surface area contributed by atoms with Crippen LogP contribution in [0, 0.1) is 0 Å². The number of nitrogens with zero attached hydrogens (tertiary/aromatic N) is 1. The topological polar surface area (TPSA) is 64.2 Å². The number of nitrogens with one attached hydrogen (secondary N) is 1. The number of benzene rings is 1. The van der Waals surface area contributed by atoms with E-state index in [0.29, 0.717) is 17.2 Å². The van der Waals surface area contributed by atoms with Gasteiger partial charge in [-0.05, 0) is 41.3 Å². The van der Waals surface area contributed by atoms with Crippen LogP contribution in [-0.4, -0.2) is 30.2 Å². The van der Waals surface area contributed by atoms with Crippen LogP contribution in [0.5, 0.6) is 5.75 Å². The van der Waals surface area contributed by atoms with Crippen molar-refractivity contribution in [1.82, 2.24) is 9.97 Å². The Balaban J connectivity index is 1.87. The van der Waals surface area contributed by atoms with Crippen LogP contribution in [0.3, 0.4) is 0 Å². The number of rotatable bonds is 5. The number of carbonyl (C=O) groups is 1. The number of aromatic amines is 1. The zero-order chi connectivity index (χ0) is 19.7. The van der Waals surface area contributed by atoms with Gasteiger partial charge in [0.15, 0.2) is 0 Å². The molecule has 4 rings (SSSR count). The number of hydrogen-bond donors (Lipinski definition) is 1. The van der Waals surface area contributed by atoms with Gasteiger partial charge in [0, 0.05) is 34.0 Å². The number of aromatic nitrogens is 2. The zero-order valence-electron chi connectivity index (χ0n) is 15.3. The van der Waals surface area contributed by atoms with Gasteiger partial charge in [-0.3, -0.25) is 0 Å². The van der Waals surface area contributed by atoms with E-state index in [2.05, 4.69) is 21.4 Å².